The molecule has 0 aliphatic carbocycles. The minimum absolute atomic E-state index is 0. The SMILES string of the molecule is COC(=O)C(=O)c1c(C)[nH]c2ccc(F)cc12.COC(=O)Cc1c(C)[nH]c2ccc(F)cc12.Cc1[nH]c2ccc(F)cc2c1CC(=O)C[C@@H](Cc1cc(F)cc(F)c1)c1ncccc1-c1cccc(C(N)=O)c1.Cc1[nH]c2ccc(F)cc2c1CC(=O)O.Cc1cc2cc(F)ccc2[nH]1.Cl.NC(=O)c1cccc(-c2cccnc2[C@@H](N)Cc2cc(F)cc(F)c2)c1.O. The van der Waals surface area contributed by atoms with Crippen LogP contribution in [0.2, 0.25) is 0 Å². The molecule has 0 spiro atoms. The Morgan fingerprint density at radius 1 is 0.417 bits per heavy atom. The molecule has 127 heavy (non-hydrogen) atoms. The molecule has 31 heteroatoms. The highest BCUT2D eigenvalue weighted by Gasteiger charge is 2.27. The molecular formula is C96H86ClF9N10O11. The quantitative estimate of drug-likeness (QED) is 0.0148. The lowest BCUT2D eigenvalue weighted by Crippen LogP contribution is -2.16. The fraction of sp³-hybridized carbons (Fsp3) is 0.156. The van der Waals surface area contributed by atoms with E-state index in [1.54, 1.807) is 105 Å². The molecule has 7 heterocycles. The molecule has 16 aromatic rings. The van der Waals surface area contributed by atoms with E-state index in [1.807, 2.05) is 45.0 Å². The Kier molecular flexibility index (Phi) is 32.6. The number of carbonyl (C=O) groups is 7. The van der Waals surface area contributed by atoms with Crippen LogP contribution in [0, 0.1) is 87.0 Å². The van der Waals surface area contributed by atoms with Gasteiger partial charge in [0.15, 0.2) is 0 Å². The van der Waals surface area contributed by atoms with E-state index in [4.69, 9.17) is 22.3 Å². The van der Waals surface area contributed by atoms with Crippen LogP contribution in [-0.2, 0) is 60.8 Å². The molecular weight excluding hydrogens is 1680 g/mol. The van der Waals surface area contributed by atoms with E-state index in [2.05, 4.69) is 44.4 Å². The molecule has 16 rings (SSSR count). The summed E-state index contributed by atoms with van der Waals surface area (Å²) in [6.45, 7) is 9.08. The van der Waals surface area contributed by atoms with Crippen molar-refractivity contribution in [3.8, 4) is 22.3 Å². The number of aromatic nitrogens is 7. The van der Waals surface area contributed by atoms with E-state index in [1.165, 1.54) is 98.1 Å². The van der Waals surface area contributed by atoms with Gasteiger partial charge in [0.1, 0.15) is 58.1 Å². The third kappa shape index (κ3) is 24.6. The largest absolute Gasteiger partial charge is 0.481 e. The van der Waals surface area contributed by atoms with Crippen molar-refractivity contribution < 1.29 is 93.1 Å². The Hall–Kier alpha value is -14.8. The summed E-state index contributed by atoms with van der Waals surface area (Å²) in [5.74, 6) is -9.22. The number of rotatable bonds is 20. The molecule has 2 atom stereocenters. The lowest BCUT2D eigenvalue weighted by Gasteiger charge is -2.20. The monoisotopic (exact) mass is 1760 g/mol. The number of benzene rings is 9. The van der Waals surface area contributed by atoms with E-state index < -0.39 is 76.4 Å². The van der Waals surface area contributed by atoms with E-state index in [0.29, 0.717) is 83.3 Å². The van der Waals surface area contributed by atoms with Gasteiger partial charge in [0, 0.05) is 149 Å². The average molecular weight is 1760 g/mol. The Labute approximate surface area is 726 Å². The molecule has 0 aliphatic heterocycles. The number of pyridine rings is 2. The maximum Gasteiger partial charge on any atom is 0.379 e. The lowest BCUT2D eigenvalue weighted by molar-refractivity contribution is -0.140. The van der Waals surface area contributed by atoms with Crippen molar-refractivity contribution in [3.05, 3.63) is 355 Å². The van der Waals surface area contributed by atoms with Gasteiger partial charge in [-0.3, -0.25) is 38.7 Å². The molecule has 0 aliphatic rings. The van der Waals surface area contributed by atoms with Gasteiger partial charge in [-0.1, -0.05) is 36.4 Å². The Bertz CT molecular complexity index is 6720. The fourth-order valence-electron chi connectivity index (χ4n) is 14.7. The van der Waals surface area contributed by atoms with Gasteiger partial charge in [-0.25, -0.2) is 44.3 Å². The first-order valence-corrected chi connectivity index (χ1v) is 38.7. The van der Waals surface area contributed by atoms with Crippen molar-refractivity contribution in [2.75, 3.05) is 14.2 Å². The number of nitrogens with zero attached hydrogens (tertiary/aromatic N) is 2. The molecule has 0 bridgehead atoms. The zero-order chi connectivity index (χ0) is 90.2. The molecule has 9 aromatic carbocycles. The number of H-pyrrole nitrogens is 5. The molecule has 0 saturated carbocycles. The van der Waals surface area contributed by atoms with Crippen LogP contribution in [0.15, 0.2) is 219 Å². The van der Waals surface area contributed by atoms with Gasteiger partial charge in [0.05, 0.1) is 50.1 Å². The van der Waals surface area contributed by atoms with Crippen molar-refractivity contribution >= 4 is 108 Å². The van der Waals surface area contributed by atoms with Crippen LogP contribution in [0.25, 0.3) is 76.8 Å². The maximum atomic E-state index is 14.1. The third-order valence-electron chi connectivity index (χ3n) is 20.3. The van der Waals surface area contributed by atoms with E-state index in [9.17, 15) is 73.1 Å². The number of methoxy groups -OCH3 is 2. The third-order valence-corrected chi connectivity index (χ3v) is 20.3. The van der Waals surface area contributed by atoms with E-state index >= 15 is 0 Å². The predicted molar refractivity (Wildman–Crippen MR) is 469 cm³/mol. The summed E-state index contributed by atoms with van der Waals surface area (Å²) >= 11 is 0. The highest BCUT2D eigenvalue weighted by Crippen LogP contribution is 2.36. The van der Waals surface area contributed by atoms with Crippen molar-refractivity contribution in [2.24, 2.45) is 17.2 Å². The highest BCUT2D eigenvalue weighted by molar-refractivity contribution is 6.43. The number of hydrogen-bond donors (Lipinski definition) is 9. The summed E-state index contributed by atoms with van der Waals surface area (Å²) in [6, 6.07) is 50.6. The Morgan fingerprint density at radius 2 is 0.819 bits per heavy atom. The molecule has 656 valence electrons. The minimum Gasteiger partial charge on any atom is -0.481 e. The number of nitrogens with one attached hydrogen (secondary N) is 5. The Morgan fingerprint density at radius 3 is 1.27 bits per heavy atom. The molecule has 21 nitrogen and oxygen atoms in total. The molecule has 0 saturated heterocycles. The van der Waals surface area contributed by atoms with Crippen LogP contribution in [0.4, 0.5) is 39.5 Å². The van der Waals surface area contributed by atoms with Crippen molar-refractivity contribution in [1.29, 1.82) is 0 Å². The first kappa shape index (κ1) is 96.1. The number of Topliss-reactive ketones (excluding diaryl/α,β-unsaturated/α-hetero) is 2. The van der Waals surface area contributed by atoms with Crippen LogP contribution < -0.4 is 17.2 Å². The fourth-order valence-corrected chi connectivity index (χ4v) is 14.7. The normalized spacial score (nSPS) is 11.2. The second-order valence-corrected chi connectivity index (χ2v) is 29.3. The lowest BCUT2D eigenvalue weighted by atomic mass is 9.85. The van der Waals surface area contributed by atoms with Gasteiger partial charge in [-0.2, -0.15) is 0 Å². The smallest absolute Gasteiger partial charge is 0.379 e. The van der Waals surface area contributed by atoms with Gasteiger partial charge >= 0.3 is 17.9 Å². The molecule has 14 N–H and O–H groups in total. The van der Waals surface area contributed by atoms with Crippen molar-refractivity contribution in [1.82, 2.24) is 34.9 Å². The second-order valence-electron chi connectivity index (χ2n) is 29.3. The topological polar surface area (TPSA) is 372 Å². The van der Waals surface area contributed by atoms with E-state index in [0.717, 1.165) is 91.5 Å². The second kappa shape index (κ2) is 43.0. The Balaban J connectivity index is 0.000000182. The predicted octanol–water partition coefficient (Wildman–Crippen LogP) is 18.7. The molecule has 0 radical (unpaired) electrons. The molecule has 0 unspecified atom stereocenters. The van der Waals surface area contributed by atoms with Gasteiger partial charge in [0.2, 0.25) is 11.8 Å². The van der Waals surface area contributed by atoms with Crippen molar-refractivity contribution in [2.45, 2.75) is 85.1 Å². The number of hydrogen-bond acceptors (Lipinski definition) is 12. The minimum atomic E-state index is -0.960. The number of primary amides is 2. The van der Waals surface area contributed by atoms with Crippen LogP contribution in [0.5, 0.6) is 0 Å². The summed E-state index contributed by atoms with van der Waals surface area (Å²) < 4.78 is 130. The summed E-state index contributed by atoms with van der Waals surface area (Å²) in [5.41, 5.74) is 32.7. The summed E-state index contributed by atoms with van der Waals surface area (Å²) in [5, 5.41) is 12.1. The van der Waals surface area contributed by atoms with Gasteiger partial charge in [-0.05, 0) is 244 Å². The average Bonchev–Trinajstić information content (AvgIpc) is 1.71. The van der Waals surface area contributed by atoms with Crippen LogP contribution in [0.1, 0.15) is 117 Å². The van der Waals surface area contributed by atoms with Crippen LogP contribution in [-0.4, -0.2) is 101 Å². The molecule has 0 fully saturated rings. The number of aliphatic carboxylic acids is 1. The maximum absolute atomic E-state index is 14.1. The number of aromatic amines is 5. The number of carboxylic acid groups (broad SMARTS) is 1. The number of halogens is 10. The number of amides is 2. The number of nitrogens with two attached hydrogens (primary N) is 3. The summed E-state index contributed by atoms with van der Waals surface area (Å²) in [4.78, 5) is 106. The highest BCUT2D eigenvalue weighted by atomic mass is 35.5. The molecule has 7 aromatic heterocycles. The van der Waals surface area contributed by atoms with Crippen LogP contribution in [0.3, 0.4) is 0 Å². The zero-order valence-corrected chi connectivity index (χ0v) is 70.1. The van der Waals surface area contributed by atoms with E-state index in [-0.39, 0.29) is 91.2 Å². The molecule has 2 amide bonds. The van der Waals surface area contributed by atoms with Gasteiger partial charge < -0.3 is 62.2 Å². The number of carbonyl (C=O) groups excluding carboxylic acids is 6. The number of ketones is 2. The van der Waals surface area contributed by atoms with Crippen LogP contribution >= 0.6 is 12.4 Å². The zero-order valence-electron chi connectivity index (χ0n) is 69.2. The number of carboxylic acids is 1. The summed E-state index contributed by atoms with van der Waals surface area (Å²) in [6.07, 6.45) is 3.67. The number of esters is 2. The van der Waals surface area contributed by atoms with Gasteiger partial charge in [-0.15, -0.1) is 12.4 Å². The first-order chi connectivity index (χ1) is 59.6. The van der Waals surface area contributed by atoms with Crippen molar-refractivity contribution in [3.63, 3.8) is 0 Å². The standard InChI is InChI=1S/C32H26F3N3O2.C20H17F2N3O.C12H10FNO3.C12H12FNO2.C11H10FNO2.C9H8FN.ClH.H2O/c1-18-28(29-16-23(33)7-8-30(29)38-18)17-26(39)14-22(10-19-11-24(34)15-25(35)12-19)31-27(6-3-9-37-31)20-4-2-5-21(13-20)32(36)40;21-15-7-12(8-16(22)11-15)9-18(23)19-17(5-2-6-25-19)13-3-1-4-14(10-13)20(24)26;1-6-10(11(15)12(16)17-2)8-5-7(13)3-4-9(8)14-6;1-7-9(6-12(15)16-2)10-5-8(13)3-4-11(10)14-7;1-6-8(5-11(14)15)9-4-7(12)2-3-10(9)13-6;1-6-4-7-5-8(10)2-3-9(7)11-6;;/h2-9,11-13,15-16,22,38H,10,14,17H2,1H3,(H2,36,40);1-8,10-11,18H,9,23H2,(H2,24,26);3-5,14H,1-2H3;3-5,14H,6H2,1-2H3;2-4,13H,5H2,1H3,(H,14,15);2-5,11H,1H3;1H;1H2/t22-;18-;;;;;;/m10....../s1. The number of aryl methyl sites for hydroxylation is 5. The number of fused-ring (bicyclic) bond motifs is 5. The number of ether oxygens (including phenoxy) is 2. The van der Waals surface area contributed by atoms with Gasteiger partial charge in [0.25, 0.3) is 5.78 Å². The summed E-state index contributed by atoms with van der Waals surface area (Å²) in [7, 11) is 2.47. The first-order valence-electron chi connectivity index (χ1n) is 38.7.